The highest BCUT2D eigenvalue weighted by Crippen LogP contribution is 2.42. The van der Waals surface area contributed by atoms with Crippen molar-refractivity contribution in [2.75, 3.05) is 6.54 Å². The number of rotatable bonds is 2. The number of carbonyl (C=O) groups is 1. The van der Waals surface area contributed by atoms with Crippen molar-refractivity contribution in [2.24, 2.45) is 5.73 Å². The Kier molecular flexibility index (Phi) is 3.80. The fourth-order valence-electron chi connectivity index (χ4n) is 3.41. The van der Waals surface area contributed by atoms with E-state index in [9.17, 15) is 9.90 Å². The first kappa shape index (κ1) is 14.6. The van der Waals surface area contributed by atoms with Crippen molar-refractivity contribution in [1.82, 2.24) is 4.90 Å². The number of hydrogen-bond acceptors (Lipinski definition) is 4. The molecule has 0 aromatic heterocycles. The molecular formula is C14H26N2O3. The molecule has 2 fully saturated rings. The van der Waals surface area contributed by atoms with Crippen LogP contribution in [0.2, 0.25) is 0 Å². The number of piperidine rings is 1. The maximum absolute atomic E-state index is 12.2. The molecule has 0 aromatic carbocycles. The number of nitrogens with zero attached hydrogens (tertiary/aromatic N) is 1. The lowest BCUT2D eigenvalue weighted by Gasteiger charge is -2.43. The Hall–Kier alpha value is -0.810. The maximum atomic E-state index is 12.2. The molecule has 19 heavy (non-hydrogen) atoms. The van der Waals surface area contributed by atoms with Gasteiger partial charge in [-0.3, -0.25) is 0 Å². The second-order valence-corrected chi connectivity index (χ2v) is 6.94. The molecule has 2 atom stereocenters. The molecule has 5 heteroatoms. The number of amides is 1. The summed E-state index contributed by atoms with van der Waals surface area (Å²) in [4.78, 5) is 14.1. The molecular weight excluding hydrogens is 244 g/mol. The molecule has 0 spiro atoms. The minimum Gasteiger partial charge on any atom is -0.444 e. The van der Waals surface area contributed by atoms with Gasteiger partial charge in [0.15, 0.2) is 0 Å². The summed E-state index contributed by atoms with van der Waals surface area (Å²) >= 11 is 0. The summed E-state index contributed by atoms with van der Waals surface area (Å²) in [5.41, 5.74) is 4.40. The van der Waals surface area contributed by atoms with Gasteiger partial charge in [-0.2, -0.15) is 0 Å². The van der Waals surface area contributed by atoms with E-state index in [0.29, 0.717) is 25.8 Å². The van der Waals surface area contributed by atoms with Crippen molar-refractivity contribution in [3.63, 3.8) is 0 Å². The topological polar surface area (TPSA) is 75.8 Å². The first-order valence-corrected chi connectivity index (χ1v) is 7.18. The standard InChI is InChI=1S/C14H26N2O3/c1-13(2,3)19-12(17)16-10-4-5-11(16)9-14(18,8-10)6-7-15/h10-11,18H,4-9,15H2,1-3H3/t10-,11-/m0/s1. The van der Waals surface area contributed by atoms with Crippen LogP contribution >= 0.6 is 0 Å². The van der Waals surface area contributed by atoms with E-state index < -0.39 is 11.2 Å². The van der Waals surface area contributed by atoms with Crippen molar-refractivity contribution >= 4 is 6.09 Å². The molecule has 0 aromatic rings. The lowest BCUT2D eigenvalue weighted by atomic mass is 9.84. The Labute approximate surface area is 115 Å². The molecule has 2 saturated heterocycles. The fraction of sp³-hybridized carbons (Fsp3) is 0.929. The van der Waals surface area contributed by atoms with Crippen LogP contribution in [0.5, 0.6) is 0 Å². The zero-order chi connectivity index (χ0) is 14.3. The predicted molar refractivity (Wildman–Crippen MR) is 72.7 cm³/mol. The van der Waals surface area contributed by atoms with E-state index in [2.05, 4.69) is 0 Å². The first-order valence-electron chi connectivity index (χ1n) is 7.18. The first-order chi connectivity index (χ1) is 8.74. The lowest BCUT2D eigenvalue weighted by molar-refractivity contribution is -0.0611. The molecule has 0 radical (unpaired) electrons. The van der Waals surface area contributed by atoms with Crippen molar-refractivity contribution in [3.05, 3.63) is 0 Å². The Bertz CT molecular complexity index is 337. The van der Waals surface area contributed by atoms with E-state index in [0.717, 1.165) is 12.8 Å². The summed E-state index contributed by atoms with van der Waals surface area (Å²) in [5, 5.41) is 10.5. The molecule has 2 bridgehead atoms. The number of carbonyl (C=O) groups excluding carboxylic acids is 1. The molecule has 3 N–H and O–H groups in total. The van der Waals surface area contributed by atoms with E-state index in [-0.39, 0.29) is 18.2 Å². The number of ether oxygens (including phenoxy) is 1. The van der Waals surface area contributed by atoms with Crippen LogP contribution in [0.4, 0.5) is 4.79 Å². The summed E-state index contributed by atoms with van der Waals surface area (Å²) in [6.45, 7) is 6.12. The Balaban J connectivity index is 2.05. The number of nitrogens with two attached hydrogens (primary N) is 1. The molecule has 2 aliphatic rings. The van der Waals surface area contributed by atoms with Gasteiger partial charge < -0.3 is 20.5 Å². The van der Waals surface area contributed by atoms with E-state index in [1.165, 1.54) is 0 Å². The van der Waals surface area contributed by atoms with Gasteiger partial charge in [0, 0.05) is 12.1 Å². The Morgan fingerprint density at radius 1 is 1.37 bits per heavy atom. The highest BCUT2D eigenvalue weighted by atomic mass is 16.6. The van der Waals surface area contributed by atoms with E-state index >= 15 is 0 Å². The summed E-state index contributed by atoms with van der Waals surface area (Å²) in [6.07, 6.45) is 3.53. The third-order valence-corrected chi connectivity index (χ3v) is 4.07. The molecule has 2 rings (SSSR count). The maximum Gasteiger partial charge on any atom is 0.410 e. The van der Waals surface area contributed by atoms with Crippen molar-refractivity contribution in [3.8, 4) is 0 Å². The van der Waals surface area contributed by atoms with Gasteiger partial charge in [0.2, 0.25) is 0 Å². The van der Waals surface area contributed by atoms with Crippen LogP contribution < -0.4 is 5.73 Å². The smallest absolute Gasteiger partial charge is 0.410 e. The van der Waals surface area contributed by atoms with E-state index in [4.69, 9.17) is 10.5 Å². The molecule has 0 unspecified atom stereocenters. The number of fused-ring (bicyclic) bond motifs is 2. The van der Waals surface area contributed by atoms with Crippen LogP contribution in [0.3, 0.4) is 0 Å². The zero-order valence-electron chi connectivity index (χ0n) is 12.2. The van der Waals surface area contributed by atoms with Crippen molar-refractivity contribution in [2.45, 2.75) is 76.2 Å². The number of hydrogen-bond donors (Lipinski definition) is 2. The van der Waals surface area contributed by atoms with Gasteiger partial charge in [0.25, 0.3) is 0 Å². The van der Waals surface area contributed by atoms with Crippen LogP contribution in [-0.2, 0) is 4.74 Å². The Morgan fingerprint density at radius 3 is 2.32 bits per heavy atom. The second kappa shape index (κ2) is 4.94. The minimum atomic E-state index is -0.695. The molecule has 2 heterocycles. The minimum absolute atomic E-state index is 0.102. The van der Waals surface area contributed by atoms with Crippen LogP contribution in [0.15, 0.2) is 0 Å². The SMILES string of the molecule is CC(C)(C)OC(=O)N1[C@H]2CC[C@H]1CC(O)(CCN)C2. The van der Waals surface area contributed by atoms with E-state index in [1.807, 2.05) is 25.7 Å². The molecule has 0 saturated carbocycles. The van der Waals surface area contributed by atoms with Crippen LogP contribution in [-0.4, -0.2) is 45.9 Å². The highest BCUT2D eigenvalue weighted by molar-refractivity contribution is 5.69. The average Bonchev–Trinajstić information content (AvgIpc) is 2.50. The summed E-state index contributed by atoms with van der Waals surface area (Å²) < 4.78 is 5.47. The normalized spacial score (nSPS) is 34.5. The van der Waals surface area contributed by atoms with Crippen LogP contribution in [0, 0.1) is 0 Å². The van der Waals surface area contributed by atoms with Gasteiger partial charge in [-0.1, -0.05) is 0 Å². The highest BCUT2D eigenvalue weighted by Gasteiger charge is 2.49. The van der Waals surface area contributed by atoms with Crippen LogP contribution in [0.25, 0.3) is 0 Å². The monoisotopic (exact) mass is 270 g/mol. The largest absolute Gasteiger partial charge is 0.444 e. The van der Waals surface area contributed by atoms with Crippen molar-refractivity contribution in [1.29, 1.82) is 0 Å². The zero-order valence-corrected chi connectivity index (χ0v) is 12.2. The van der Waals surface area contributed by atoms with Gasteiger partial charge in [-0.15, -0.1) is 0 Å². The summed E-state index contributed by atoms with van der Waals surface area (Å²) in [7, 11) is 0. The molecule has 0 aliphatic carbocycles. The van der Waals surface area contributed by atoms with Gasteiger partial charge in [-0.25, -0.2) is 4.79 Å². The van der Waals surface area contributed by atoms with Gasteiger partial charge in [0.05, 0.1) is 5.60 Å². The average molecular weight is 270 g/mol. The fourth-order valence-corrected chi connectivity index (χ4v) is 3.41. The quantitative estimate of drug-likeness (QED) is 0.799. The Morgan fingerprint density at radius 2 is 1.89 bits per heavy atom. The molecule has 110 valence electrons. The van der Waals surface area contributed by atoms with E-state index in [1.54, 1.807) is 0 Å². The van der Waals surface area contributed by atoms with Gasteiger partial charge in [-0.05, 0) is 59.4 Å². The number of aliphatic hydroxyl groups is 1. The second-order valence-electron chi connectivity index (χ2n) is 6.94. The molecule has 2 aliphatic heterocycles. The predicted octanol–water partition coefficient (Wildman–Crippen LogP) is 1.63. The van der Waals surface area contributed by atoms with Gasteiger partial charge in [0.1, 0.15) is 5.60 Å². The molecule has 1 amide bonds. The van der Waals surface area contributed by atoms with Crippen molar-refractivity contribution < 1.29 is 14.6 Å². The third-order valence-electron chi connectivity index (χ3n) is 4.07. The van der Waals surface area contributed by atoms with Crippen LogP contribution in [0.1, 0.15) is 52.9 Å². The lowest BCUT2D eigenvalue weighted by Crippen LogP contribution is -2.54. The summed E-state index contributed by atoms with van der Waals surface area (Å²) in [6, 6.07) is 0.204. The molecule has 5 nitrogen and oxygen atoms in total. The van der Waals surface area contributed by atoms with Gasteiger partial charge >= 0.3 is 6.09 Å². The summed E-state index contributed by atoms with van der Waals surface area (Å²) in [5.74, 6) is 0. The third kappa shape index (κ3) is 3.20.